The third-order valence-electron chi connectivity index (χ3n) is 5.60. The molecule has 2 aromatic carbocycles. The van der Waals surface area contributed by atoms with Crippen LogP contribution >= 0.6 is 0 Å². The highest BCUT2D eigenvalue weighted by molar-refractivity contribution is 5.33. The van der Waals surface area contributed by atoms with Gasteiger partial charge in [0.15, 0.2) is 0 Å². The lowest BCUT2D eigenvalue weighted by atomic mass is 9.60. The summed E-state index contributed by atoms with van der Waals surface area (Å²) < 4.78 is 5.69. The van der Waals surface area contributed by atoms with Crippen LogP contribution in [0.5, 0.6) is 11.5 Å². The Hall–Kier alpha value is -1.76. The Morgan fingerprint density at radius 1 is 0.520 bits per heavy atom. The van der Waals surface area contributed by atoms with Gasteiger partial charge in [-0.25, -0.2) is 0 Å². The van der Waals surface area contributed by atoms with E-state index in [1.165, 1.54) is 11.1 Å². The van der Waals surface area contributed by atoms with Crippen molar-refractivity contribution >= 4 is 0 Å². The molecule has 1 aliphatic carbocycles. The van der Waals surface area contributed by atoms with Gasteiger partial charge in [0.25, 0.3) is 0 Å². The Balaban J connectivity index is 0.000000264. The molecule has 0 atom stereocenters. The molecule has 1 heteroatoms. The SMILES string of the molecule is CC.CC1C(C)C(C)C1C.Cc1ccc(Oc2ccc(C)cc2)cc1. The van der Waals surface area contributed by atoms with E-state index in [1.54, 1.807) is 0 Å². The van der Waals surface area contributed by atoms with E-state index in [-0.39, 0.29) is 0 Å². The molecular weight excluding hydrogens is 304 g/mol. The Morgan fingerprint density at radius 2 is 0.760 bits per heavy atom. The Morgan fingerprint density at radius 3 is 1.00 bits per heavy atom. The topological polar surface area (TPSA) is 9.23 Å². The lowest BCUT2D eigenvalue weighted by Crippen LogP contribution is -2.39. The van der Waals surface area contributed by atoms with Crippen LogP contribution in [-0.4, -0.2) is 0 Å². The van der Waals surface area contributed by atoms with Crippen LogP contribution in [0.25, 0.3) is 0 Å². The molecule has 0 heterocycles. The second kappa shape index (κ2) is 10.3. The first kappa shape index (κ1) is 21.3. The number of ether oxygens (including phenoxy) is 1. The zero-order valence-corrected chi connectivity index (χ0v) is 17.3. The van der Waals surface area contributed by atoms with Crippen molar-refractivity contribution in [3.8, 4) is 11.5 Å². The maximum atomic E-state index is 5.69. The van der Waals surface area contributed by atoms with Crippen molar-refractivity contribution < 1.29 is 4.74 Å². The molecule has 0 aliphatic heterocycles. The summed E-state index contributed by atoms with van der Waals surface area (Å²) in [6.45, 7) is 17.6. The fourth-order valence-corrected chi connectivity index (χ4v) is 3.12. The lowest BCUT2D eigenvalue weighted by molar-refractivity contribution is 0.0302. The molecule has 25 heavy (non-hydrogen) atoms. The van der Waals surface area contributed by atoms with Crippen molar-refractivity contribution in [2.45, 2.75) is 55.4 Å². The second-order valence-electron chi connectivity index (χ2n) is 7.16. The highest BCUT2D eigenvalue weighted by Gasteiger charge is 2.38. The molecule has 0 N–H and O–H groups in total. The highest BCUT2D eigenvalue weighted by Crippen LogP contribution is 2.44. The van der Waals surface area contributed by atoms with Gasteiger partial charge >= 0.3 is 0 Å². The van der Waals surface area contributed by atoms with Crippen LogP contribution in [0.4, 0.5) is 0 Å². The molecule has 0 amide bonds. The van der Waals surface area contributed by atoms with E-state index in [4.69, 9.17) is 4.74 Å². The monoisotopic (exact) mass is 340 g/mol. The van der Waals surface area contributed by atoms with Gasteiger partial charge in [-0.1, -0.05) is 76.9 Å². The molecule has 138 valence electrons. The summed E-state index contributed by atoms with van der Waals surface area (Å²) in [5, 5.41) is 0. The summed E-state index contributed by atoms with van der Waals surface area (Å²) in [5.74, 6) is 5.67. The molecule has 0 aromatic heterocycles. The summed E-state index contributed by atoms with van der Waals surface area (Å²) in [6, 6.07) is 16.1. The second-order valence-corrected chi connectivity index (χ2v) is 7.16. The largest absolute Gasteiger partial charge is 0.457 e. The van der Waals surface area contributed by atoms with Crippen molar-refractivity contribution in [2.75, 3.05) is 0 Å². The molecule has 2 aromatic rings. The van der Waals surface area contributed by atoms with E-state index in [0.717, 1.165) is 35.2 Å². The highest BCUT2D eigenvalue weighted by atomic mass is 16.5. The van der Waals surface area contributed by atoms with Gasteiger partial charge in [-0.3, -0.25) is 0 Å². The van der Waals surface area contributed by atoms with E-state index < -0.39 is 0 Å². The Kier molecular flexibility index (Phi) is 8.75. The third-order valence-corrected chi connectivity index (χ3v) is 5.60. The number of hydrogen-bond acceptors (Lipinski definition) is 1. The van der Waals surface area contributed by atoms with Gasteiger partial charge in [0.1, 0.15) is 11.5 Å². The maximum Gasteiger partial charge on any atom is 0.127 e. The molecule has 1 nitrogen and oxygen atoms in total. The molecule has 0 bridgehead atoms. The van der Waals surface area contributed by atoms with Gasteiger partial charge in [-0.15, -0.1) is 0 Å². The van der Waals surface area contributed by atoms with Crippen molar-refractivity contribution in [1.82, 2.24) is 0 Å². The predicted octanol–water partition coefficient (Wildman–Crippen LogP) is 7.67. The Bertz CT molecular complexity index is 521. The minimum absolute atomic E-state index is 0.879. The van der Waals surface area contributed by atoms with Gasteiger partial charge in [-0.2, -0.15) is 0 Å². The van der Waals surface area contributed by atoms with Crippen molar-refractivity contribution in [1.29, 1.82) is 0 Å². The Labute approximate surface area is 155 Å². The normalized spacial score (nSPS) is 24.0. The minimum atomic E-state index is 0.879. The zero-order chi connectivity index (χ0) is 19.0. The minimum Gasteiger partial charge on any atom is -0.457 e. The van der Waals surface area contributed by atoms with E-state index in [0.29, 0.717) is 0 Å². The quantitative estimate of drug-likeness (QED) is 0.545. The lowest BCUT2D eigenvalue weighted by Gasteiger charge is -2.45. The summed E-state index contributed by atoms with van der Waals surface area (Å²) in [7, 11) is 0. The fraction of sp³-hybridized carbons (Fsp3) is 0.500. The van der Waals surface area contributed by atoms with Crippen LogP contribution in [0.2, 0.25) is 0 Å². The molecule has 1 aliphatic rings. The van der Waals surface area contributed by atoms with Crippen LogP contribution in [0, 0.1) is 37.5 Å². The number of rotatable bonds is 2. The molecule has 1 fully saturated rings. The molecule has 0 spiro atoms. The van der Waals surface area contributed by atoms with E-state index in [1.807, 2.05) is 62.4 Å². The molecule has 0 saturated heterocycles. The fourth-order valence-electron chi connectivity index (χ4n) is 3.12. The summed E-state index contributed by atoms with van der Waals surface area (Å²) in [4.78, 5) is 0. The van der Waals surface area contributed by atoms with Crippen molar-refractivity contribution in [3.63, 3.8) is 0 Å². The van der Waals surface area contributed by atoms with E-state index >= 15 is 0 Å². The standard InChI is InChI=1S/C14H14O.C8H16.C2H6/c1-11-3-7-13(8-4-11)15-14-9-5-12(2)6-10-14;1-5-6(2)8(4)7(5)3;1-2/h3-10H,1-2H3;5-8H,1-4H3;1-2H3. The predicted molar refractivity (Wildman–Crippen MR) is 110 cm³/mol. The van der Waals surface area contributed by atoms with Gasteiger partial charge in [0, 0.05) is 0 Å². The first-order valence-electron chi connectivity index (χ1n) is 9.69. The van der Waals surface area contributed by atoms with E-state index in [2.05, 4.69) is 41.5 Å². The van der Waals surface area contributed by atoms with Gasteiger partial charge in [0.2, 0.25) is 0 Å². The van der Waals surface area contributed by atoms with E-state index in [9.17, 15) is 0 Å². The molecule has 1 saturated carbocycles. The van der Waals surface area contributed by atoms with Gasteiger partial charge in [0.05, 0.1) is 0 Å². The van der Waals surface area contributed by atoms with Gasteiger partial charge < -0.3 is 4.74 Å². The first-order valence-corrected chi connectivity index (χ1v) is 9.69. The van der Waals surface area contributed by atoms with Crippen LogP contribution in [0.3, 0.4) is 0 Å². The molecule has 3 rings (SSSR count). The number of aryl methyl sites for hydroxylation is 2. The summed E-state index contributed by atoms with van der Waals surface area (Å²) in [5.41, 5.74) is 2.48. The average molecular weight is 341 g/mol. The maximum absolute atomic E-state index is 5.69. The third kappa shape index (κ3) is 6.23. The number of benzene rings is 2. The van der Waals surface area contributed by atoms with Crippen LogP contribution in [0.1, 0.15) is 52.7 Å². The van der Waals surface area contributed by atoms with Gasteiger partial charge in [-0.05, 0) is 61.8 Å². The zero-order valence-electron chi connectivity index (χ0n) is 17.3. The van der Waals surface area contributed by atoms with Crippen molar-refractivity contribution in [2.24, 2.45) is 23.7 Å². The molecular formula is C24H36O. The smallest absolute Gasteiger partial charge is 0.127 e. The van der Waals surface area contributed by atoms with Crippen LogP contribution in [0.15, 0.2) is 48.5 Å². The number of hydrogen-bond donors (Lipinski definition) is 0. The van der Waals surface area contributed by atoms with Crippen molar-refractivity contribution in [3.05, 3.63) is 59.7 Å². The summed E-state index contributed by atoms with van der Waals surface area (Å²) >= 11 is 0. The first-order chi connectivity index (χ1) is 11.9. The molecule has 0 radical (unpaired) electrons. The molecule has 0 unspecified atom stereocenters. The summed E-state index contributed by atoms with van der Waals surface area (Å²) in [6.07, 6.45) is 0. The van der Waals surface area contributed by atoms with Crippen LogP contribution < -0.4 is 4.74 Å². The average Bonchev–Trinajstić information content (AvgIpc) is 2.66. The van der Waals surface area contributed by atoms with Crippen LogP contribution in [-0.2, 0) is 0 Å².